The number of carbonyl (C=O) groups is 1. The third kappa shape index (κ3) is 4.19. The highest BCUT2D eigenvalue weighted by atomic mass is 79.9. The van der Waals surface area contributed by atoms with E-state index in [1.807, 2.05) is 31.2 Å². The van der Waals surface area contributed by atoms with Gasteiger partial charge in [0.1, 0.15) is 5.56 Å². The van der Waals surface area contributed by atoms with Crippen LogP contribution in [0.5, 0.6) is 5.88 Å². The average molecular weight is 463 g/mol. The summed E-state index contributed by atoms with van der Waals surface area (Å²) < 4.78 is 2.05. The number of H-pyrrole nitrogens is 1. The molecule has 1 atom stereocenters. The largest absolute Gasteiger partial charge is 0.494 e. The van der Waals surface area contributed by atoms with E-state index in [-0.39, 0.29) is 42.6 Å². The van der Waals surface area contributed by atoms with E-state index in [4.69, 9.17) is 0 Å². The number of hydrogen-bond acceptors (Lipinski definition) is 5. The van der Waals surface area contributed by atoms with Crippen molar-refractivity contribution in [2.75, 3.05) is 0 Å². The van der Waals surface area contributed by atoms with E-state index in [1.165, 1.54) is 5.01 Å². The van der Waals surface area contributed by atoms with Gasteiger partial charge < -0.3 is 5.11 Å². The number of carbonyl (C=O) groups excluding carboxylic acids is 1. The van der Waals surface area contributed by atoms with Crippen molar-refractivity contribution in [3.8, 4) is 5.88 Å². The van der Waals surface area contributed by atoms with E-state index in [0.717, 1.165) is 21.0 Å². The van der Waals surface area contributed by atoms with Crippen LogP contribution in [0, 0.1) is 0 Å². The van der Waals surface area contributed by atoms with E-state index in [1.54, 1.807) is 6.92 Å². The van der Waals surface area contributed by atoms with Crippen molar-refractivity contribution in [1.82, 2.24) is 14.6 Å². The van der Waals surface area contributed by atoms with Crippen LogP contribution in [0.15, 0.2) is 43.4 Å². The van der Waals surface area contributed by atoms with Gasteiger partial charge in [0.05, 0.1) is 11.8 Å². The highest BCUT2D eigenvalue weighted by Gasteiger charge is 2.35. The first-order valence-corrected chi connectivity index (χ1v) is 10.4. The van der Waals surface area contributed by atoms with Crippen molar-refractivity contribution in [3.05, 3.63) is 60.7 Å². The summed E-state index contributed by atoms with van der Waals surface area (Å²) in [6.45, 7) is 3.99. The zero-order chi connectivity index (χ0) is 21.1. The van der Waals surface area contributed by atoms with Crippen LogP contribution in [0.4, 0.5) is 0 Å². The molecule has 154 valence electrons. The first-order chi connectivity index (χ1) is 13.9. The van der Waals surface area contributed by atoms with Gasteiger partial charge in [-0.25, -0.2) is 9.80 Å². The van der Waals surface area contributed by atoms with Crippen molar-refractivity contribution in [1.29, 1.82) is 0 Å². The summed E-state index contributed by atoms with van der Waals surface area (Å²) in [6.07, 6.45) is 2.01. The van der Waals surface area contributed by atoms with Gasteiger partial charge in [-0.15, -0.1) is 0 Å². The maximum Gasteiger partial charge on any atom is 0.331 e. The number of halogens is 1. The van der Waals surface area contributed by atoms with Gasteiger partial charge in [-0.3, -0.25) is 19.1 Å². The van der Waals surface area contributed by atoms with Crippen molar-refractivity contribution in [3.63, 3.8) is 0 Å². The van der Waals surface area contributed by atoms with Crippen LogP contribution >= 0.6 is 15.9 Å². The Morgan fingerprint density at radius 2 is 1.97 bits per heavy atom. The second kappa shape index (κ2) is 8.77. The zero-order valence-corrected chi connectivity index (χ0v) is 17.9. The minimum absolute atomic E-state index is 0.0609. The smallest absolute Gasteiger partial charge is 0.331 e. The van der Waals surface area contributed by atoms with Crippen LogP contribution in [-0.2, 0) is 11.3 Å². The lowest BCUT2D eigenvalue weighted by atomic mass is 9.99. The first-order valence-electron chi connectivity index (χ1n) is 9.58. The van der Waals surface area contributed by atoms with E-state index in [0.29, 0.717) is 6.42 Å². The normalized spacial score (nSPS) is 16.2. The number of nitrogens with zero attached hydrogens (tertiary/aromatic N) is 3. The molecule has 0 bridgehead atoms. The van der Waals surface area contributed by atoms with Crippen molar-refractivity contribution in [2.45, 2.75) is 52.1 Å². The lowest BCUT2D eigenvalue weighted by Crippen LogP contribution is -2.33. The third-order valence-corrected chi connectivity index (χ3v) is 5.45. The summed E-state index contributed by atoms with van der Waals surface area (Å²) in [5, 5.41) is 16.4. The fourth-order valence-corrected chi connectivity index (χ4v) is 3.61. The summed E-state index contributed by atoms with van der Waals surface area (Å²) >= 11 is 3.39. The number of hydrogen-bond donors (Lipinski definition) is 2. The standard InChI is InChI=1S/C20H23BrN4O4/c1-3-5-10-24-19(28)17(18(27)22-20(24)29)14-11-15(25(23-14)16(26)4-2)12-6-8-13(21)9-7-12/h6-9,15,28H,3-5,10-11H2,1-2H3,(H,22,27,29)/t15-/m0/s1. The van der Waals surface area contributed by atoms with Crippen molar-refractivity contribution >= 4 is 27.5 Å². The Labute approximate surface area is 176 Å². The highest BCUT2D eigenvalue weighted by Crippen LogP contribution is 2.34. The predicted molar refractivity (Wildman–Crippen MR) is 113 cm³/mol. The maximum atomic E-state index is 12.5. The average Bonchev–Trinajstić information content (AvgIpc) is 3.12. The molecular formula is C20H23BrN4O4. The fraction of sp³-hybridized carbons (Fsp3) is 0.400. The Morgan fingerprint density at radius 3 is 2.59 bits per heavy atom. The topological polar surface area (TPSA) is 108 Å². The van der Waals surface area contributed by atoms with Crippen LogP contribution in [0.25, 0.3) is 0 Å². The number of rotatable bonds is 6. The van der Waals surface area contributed by atoms with Gasteiger partial charge in [0.15, 0.2) is 0 Å². The van der Waals surface area contributed by atoms with Crippen LogP contribution in [0.1, 0.15) is 56.7 Å². The van der Waals surface area contributed by atoms with E-state index in [9.17, 15) is 19.5 Å². The number of unbranched alkanes of at least 4 members (excludes halogenated alkanes) is 1. The highest BCUT2D eigenvalue weighted by molar-refractivity contribution is 9.10. The zero-order valence-electron chi connectivity index (χ0n) is 16.3. The Bertz CT molecular complexity index is 1060. The number of aromatic hydroxyl groups is 1. The molecule has 0 saturated heterocycles. The summed E-state index contributed by atoms with van der Waals surface area (Å²) in [5.74, 6) is -0.602. The minimum Gasteiger partial charge on any atom is -0.494 e. The molecule has 1 aliphatic heterocycles. The first kappa shape index (κ1) is 21.0. The maximum absolute atomic E-state index is 12.5. The van der Waals surface area contributed by atoms with Gasteiger partial charge in [0, 0.05) is 23.9 Å². The van der Waals surface area contributed by atoms with Crippen LogP contribution < -0.4 is 11.2 Å². The lowest BCUT2D eigenvalue weighted by molar-refractivity contribution is -0.132. The van der Waals surface area contributed by atoms with Gasteiger partial charge in [-0.1, -0.05) is 48.3 Å². The molecule has 3 rings (SSSR count). The monoisotopic (exact) mass is 462 g/mol. The molecule has 0 radical (unpaired) electrons. The second-order valence-electron chi connectivity index (χ2n) is 6.87. The number of benzene rings is 1. The number of hydrazone groups is 1. The summed E-state index contributed by atoms with van der Waals surface area (Å²) in [5.41, 5.74) is -0.282. The van der Waals surface area contributed by atoms with Crippen molar-refractivity contribution in [2.24, 2.45) is 5.10 Å². The van der Waals surface area contributed by atoms with Gasteiger partial charge in [0.2, 0.25) is 11.8 Å². The summed E-state index contributed by atoms with van der Waals surface area (Å²) in [4.78, 5) is 39.3. The van der Waals surface area contributed by atoms with Gasteiger partial charge in [-0.2, -0.15) is 5.10 Å². The number of nitrogens with one attached hydrogen (secondary N) is 1. The molecular weight excluding hydrogens is 440 g/mol. The Kier molecular flexibility index (Phi) is 6.36. The van der Waals surface area contributed by atoms with Crippen LogP contribution in [0.3, 0.4) is 0 Å². The molecule has 8 nitrogen and oxygen atoms in total. The van der Waals surface area contributed by atoms with Gasteiger partial charge in [0.25, 0.3) is 5.56 Å². The van der Waals surface area contributed by atoms with E-state index in [2.05, 4.69) is 26.0 Å². The molecule has 2 aromatic rings. The number of aromatic nitrogens is 2. The van der Waals surface area contributed by atoms with Gasteiger partial charge >= 0.3 is 5.69 Å². The molecule has 29 heavy (non-hydrogen) atoms. The molecule has 1 aromatic carbocycles. The van der Waals surface area contributed by atoms with E-state index < -0.39 is 17.1 Å². The minimum atomic E-state index is -0.709. The summed E-state index contributed by atoms with van der Waals surface area (Å²) in [7, 11) is 0. The van der Waals surface area contributed by atoms with E-state index >= 15 is 0 Å². The molecule has 0 unspecified atom stereocenters. The fourth-order valence-electron chi connectivity index (χ4n) is 3.34. The molecule has 0 spiro atoms. The van der Waals surface area contributed by atoms with Crippen LogP contribution in [0.2, 0.25) is 0 Å². The third-order valence-electron chi connectivity index (χ3n) is 4.92. The quantitative estimate of drug-likeness (QED) is 0.687. The van der Waals surface area contributed by atoms with Gasteiger partial charge in [-0.05, 0) is 24.1 Å². The van der Waals surface area contributed by atoms with Crippen LogP contribution in [-0.4, -0.2) is 31.3 Å². The Morgan fingerprint density at radius 1 is 1.28 bits per heavy atom. The molecule has 0 saturated carbocycles. The number of amides is 1. The molecule has 9 heteroatoms. The molecule has 1 aliphatic rings. The molecule has 0 aliphatic carbocycles. The molecule has 1 amide bonds. The molecule has 2 N–H and O–H groups in total. The second-order valence-corrected chi connectivity index (χ2v) is 7.79. The summed E-state index contributed by atoms with van der Waals surface area (Å²) in [6, 6.07) is 7.12. The molecule has 0 fully saturated rings. The number of aromatic amines is 1. The Hall–Kier alpha value is -2.68. The van der Waals surface area contributed by atoms with Crippen molar-refractivity contribution < 1.29 is 9.90 Å². The molecule has 2 heterocycles. The SMILES string of the molecule is CCCCn1c(O)c(C2=NN(C(=O)CC)[C@H](c3ccc(Br)cc3)C2)c(=O)[nH]c1=O. The lowest BCUT2D eigenvalue weighted by Gasteiger charge is -2.21. The Balaban J connectivity index is 2.07. The predicted octanol–water partition coefficient (Wildman–Crippen LogP) is 2.89. The molecule has 1 aromatic heterocycles.